The van der Waals surface area contributed by atoms with Crippen LogP contribution in [0.1, 0.15) is 36.2 Å². The molecule has 10 heteroatoms. The lowest BCUT2D eigenvalue weighted by molar-refractivity contribution is -0.147. The maximum atomic E-state index is 14.1. The van der Waals surface area contributed by atoms with Gasteiger partial charge in [-0.2, -0.15) is 13.2 Å². The summed E-state index contributed by atoms with van der Waals surface area (Å²) in [7, 11) is 0. The maximum absolute atomic E-state index is 14.1. The van der Waals surface area contributed by atoms with Crippen molar-refractivity contribution in [3.05, 3.63) is 65.2 Å². The molecule has 0 bridgehead atoms. The van der Waals surface area contributed by atoms with E-state index in [1.54, 1.807) is 12.1 Å². The number of aryl methyl sites for hydroxylation is 2. The lowest BCUT2D eigenvalue weighted by atomic mass is 10.0. The third-order valence-corrected chi connectivity index (χ3v) is 5.47. The number of rotatable bonds is 9. The van der Waals surface area contributed by atoms with Gasteiger partial charge in [-0.1, -0.05) is 17.2 Å². The summed E-state index contributed by atoms with van der Waals surface area (Å²) in [5, 5.41) is 28.8. The zero-order chi connectivity index (χ0) is 25.9. The van der Waals surface area contributed by atoms with Crippen LogP contribution in [0, 0.1) is 19.7 Å². The Labute approximate surface area is 199 Å². The molecule has 2 aromatic carbocycles. The number of hydrogen-bond donors (Lipinski definition) is 3. The smallest absolute Gasteiger partial charge is 0.449 e. The van der Waals surface area contributed by atoms with Gasteiger partial charge in [-0.3, -0.25) is 4.79 Å². The van der Waals surface area contributed by atoms with E-state index in [2.05, 4.69) is 4.98 Å². The Bertz CT molecular complexity index is 1170. The van der Waals surface area contributed by atoms with Crippen LogP contribution >= 0.6 is 0 Å². The van der Waals surface area contributed by atoms with Gasteiger partial charge in [-0.15, -0.1) is 0 Å². The SMILES string of the molecule is Cc1cc(C)cc(-c2c(-c3ccc(F)cc3)nc(C(F)(F)F)n2CC[C@@H](O)C[C@@H](O)CC(=O)O)c1. The van der Waals surface area contributed by atoms with Crippen molar-refractivity contribution >= 4 is 5.97 Å². The van der Waals surface area contributed by atoms with Gasteiger partial charge in [-0.05, 0) is 63.1 Å². The Hall–Kier alpha value is -3.24. The number of alkyl halides is 3. The summed E-state index contributed by atoms with van der Waals surface area (Å²) in [6, 6.07) is 10.3. The molecule has 0 aliphatic rings. The average Bonchev–Trinajstić information content (AvgIpc) is 3.11. The number of imidazole rings is 1. The summed E-state index contributed by atoms with van der Waals surface area (Å²) in [6.07, 6.45) is -8.46. The van der Waals surface area contributed by atoms with Gasteiger partial charge in [0.15, 0.2) is 0 Å². The lowest BCUT2D eigenvalue weighted by Crippen LogP contribution is -2.23. The van der Waals surface area contributed by atoms with Crippen LogP contribution in [0.5, 0.6) is 0 Å². The van der Waals surface area contributed by atoms with Crippen molar-refractivity contribution in [2.24, 2.45) is 0 Å². The molecule has 0 saturated heterocycles. The number of hydrogen-bond acceptors (Lipinski definition) is 4. The van der Waals surface area contributed by atoms with Crippen molar-refractivity contribution in [2.75, 3.05) is 0 Å². The quantitative estimate of drug-likeness (QED) is 0.365. The topological polar surface area (TPSA) is 95.6 Å². The average molecular weight is 494 g/mol. The number of aliphatic hydroxyl groups is 2. The Balaban J connectivity index is 2.11. The van der Waals surface area contributed by atoms with E-state index in [1.807, 2.05) is 19.9 Å². The number of halogens is 4. The van der Waals surface area contributed by atoms with Gasteiger partial charge < -0.3 is 19.9 Å². The zero-order valence-electron chi connectivity index (χ0n) is 19.2. The van der Waals surface area contributed by atoms with Gasteiger partial charge in [0, 0.05) is 17.7 Å². The summed E-state index contributed by atoms with van der Waals surface area (Å²) >= 11 is 0. The molecule has 0 aliphatic heterocycles. The lowest BCUT2D eigenvalue weighted by Gasteiger charge is -2.18. The Morgan fingerprint density at radius 2 is 1.60 bits per heavy atom. The van der Waals surface area contributed by atoms with Crippen LogP contribution in [0.4, 0.5) is 17.6 Å². The second kappa shape index (κ2) is 10.6. The van der Waals surface area contributed by atoms with Gasteiger partial charge in [0.2, 0.25) is 5.82 Å². The van der Waals surface area contributed by atoms with Crippen LogP contribution in [-0.2, 0) is 17.5 Å². The Morgan fingerprint density at radius 1 is 1.00 bits per heavy atom. The predicted octanol–water partition coefficient (Wildman–Crippen LogP) is 4.97. The highest BCUT2D eigenvalue weighted by Gasteiger charge is 2.39. The van der Waals surface area contributed by atoms with E-state index in [1.165, 1.54) is 12.1 Å². The summed E-state index contributed by atoms with van der Waals surface area (Å²) in [5.74, 6) is -2.97. The van der Waals surface area contributed by atoms with E-state index in [-0.39, 0.29) is 30.8 Å². The first-order valence-corrected chi connectivity index (χ1v) is 11.0. The van der Waals surface area contributed by atoms with Gasteiger partial charge in [0.1, 0.15) is 5.82 Å². The van der Waals surface area contributed by atoms with Crippen molar-refractivity contribution < 1.29 is 37.7 Å². The fourth-order valence-electron chi connectivity index (χ4n) is 4.09. The number of aromatic nitrogens is 2. The van der Waals surface area contributed by atoms with Crippen LogP contribution in [0.15, 0.2) is 42.5 Å². The van der Waals surface area contributed by atoms with Crippen molar-refractivity contribution in [3.8, 4) is 22.5 Å². The second-order valence-electron chi connectivity index (χ2n) is 8.60. The van der Waals surface area contributed by atoms with E-state index in [0.717, 1.165) is 27.8 Å². The largest absolute Gasteiger partial charge is 0.481 e. The number of carboxylic acid groups (broad SMARTS) is 1. The number of aliphatic hydroxyl groups excluding tert-OH is 2. The predicted molar refractivity (Wildman–Crippen MR) is 121 cm³/mol. The molecule has 0 fully saturated rings. The number of aliphatic carboxylic acids is 1. The highest BCUT2D eigenvalue weighted by molar-refractivity contribution is 5.80. The van der Waals surface area contributed by atoms with Gasteiger partial charge in [0.25, 0.3) is 0 Å². The molecule has 0 saturated carbocycles. The summed E-state index contributed by atoms with van der Waals surface area (Å²) in [6.45, 7) is 3.33. The second-order valence-corrected chi connectivity index (χ2v) is 8.60. The molecule has 6 nitrogen and oxygen atoms in total. The van der Waals surface area contributed by atoms with E-state index in [9.17, 15) is 32.6 Å². The van der Waals surface area contributed by atoms with Crippen LogP contribution in [0.3, 0.4) is 0 Å². The molecule has 0 amide bonds. The molecule has 0 aliphatic carbocycles. The van der Waals surface area contributed by atoms with Gasteiger partial charge in [0.05, 0.1) is 30.0 Å². The van der Waals surface area contributed by atoms with Crippen molar-refractivity contribution in [1.82, 2.24) is 9.55 Å². The third-order valence-electron chi connectivity index (χ3n) is 5.47. The minimum Gasteiger partial charge on any atom is -0.481 e. The van der Waals surface area contributed by atoms with Crippen LogP contribution in [0.25, 0.3) is 22.5 Å². The molecule has 1 aromatic heterocycles. The summed E-state index contributed by atoms with van der Waals surface area (Å²) in [4.78, 5) is 14.6. The van der Waals surface area contributed by atoms with Crippen molar-refractivity contribution in [2.45, 2.75) is 58.0 Å². The van der Waals surface area contributed by atoms with E-state index in [0.29, 0.717) is 11.1 Å². The molecule has 2 atom stereocenters. The standard InChI is InChI=1S/C25H26F4N2O4/c1-14-9-15(2)11-17(10-14)23-22(16-3-5-18(26)6-4-16)30-24(25(27,28)29)31(23)8-7-19(32)12-20(33)13-21(34)35/h3-6,9-11,19-20,32-33H,7-8,12-13H2,1-2H3,(H,34,35)/t19-,20-/m1/s1. The first-order chi connectivity index (χ1) is 16.3. The fourth-order valence-corrected chi connectivity index (χ4v) is 4.09. The summed E-state index contributed by atoms with van der Waals surface area (Å²) in [5.41, 5.74) is 2.59. The molecule has 0 unspecified atom stereocenters. The van der Waals surface area contributed by atoms with Crippen LogP contribution in [0.2, 0.25) is 0 Å². The maximum Gasteiger partial charge on any atom is 0.449 e. The first kappa shape index (κ1) is 26.4. The molecule has 3 rings (SSSR count). The van der Waals surface area contributed by atoms with Gasteiger partial charge in [-0.25, -0.2) is 9.37 Å². The Kier molecular flexibility index (Phi) is 7.97. The van der Waals surface area contributed by atoms with Crippen molar-refractivity contribution in [1.29, 1.82) is 0 Å². The minimum atomic E-state index is -4.82. The summed E-state index contributed by atoms with van der Waals surface area (Å²) < 4.78 is 56.7. The molecule has 3 aromatic rings. The molecule has 3 N–H and O–H groups in total. The fraction of sp³-hybridized carbons (Fsp3) is 0.360. The van der Waals surface area contributed by atoms with Crippen LogP contribution < -0.4 is 0 Å². The molecular weight excluding hydrogens is 468 g/mol. The molecule has 1 heterocycles. The number of benzene rings is 2. The monoisotopic (exact) mass is 494 g/mol. The number of carbonyl (C=O) groups is 1. The normalized spacial score (nSPS) is 13.6. The Morgan fingerprint density at radius 3 is 2.14 bits per heavy atom. The third kappa shape index (κ3) is 6.67. The first-order valence-electron chi connectivity index (χ1n) is 11.0. The van der Waals surface area contributed by atoms with E-state index >= 15 is 0 Å². The molecule has 0 radical (unpaired) electrons. The number of carboxylic acids is 1. The molecular formula is C25H26F4N2O4. The van der Waals surface area contributed by atoms with E-state index in [4.69, 9.17) is 5.11 Å². The number of nitrogens with zero attached hydrogens (tertiary/aromatic N) is 2. The molecule has 0 spiro atoms. The highest BCUT2D eigenvalue weighted by atomic mass is 19.4. The highest BCUT2D eigenvalue weighted by Crippen LogP contribution is 2.39. The molecule has 35 heavy (non-hydrogen) atoms. The van der Waals surface area contributed by atoms with Crippen LogP contribution in [-0.4, -0.2) is 43.0 Å². The van der Waals surface area contributed by atoms with Gasteiger partial charge >= 0.3 is 12.1 Å². The minimum absolute atomic E-state index is 0.0164. The van der Waals surface area contributed by atoms with E-state index < -0.39 is 42.4 Å². The zero-order valence-corrected chi connectivity index (χ0v) is 19.2. The molecule has 188 valence electrons. The van der Waals surface area contributed by atoms with Crippen molar-refractivity contribution in [3.63, 3.8) is 0 Å².